The van der Waals surface area contributed by atoms with Gasteiger partial charge in [-0.25, -0.2) is 0 Å². The van der Waals surface area contributed by atoms with Crippen LogP contribution in [-0.2, 0) is 0 Å². The Balaban J connectivity index is 0.000000128. The summed E-state index contributed by atoms with van der Waals surface area (Å²) in [6.45, 7) is 0. The molecule has 0 aliphatic carbocycles. The monoisotopic (exact) mass is 229 g/mol. The van der Waals surface area contributed by atoms with Crippen LogP contribution in [0.15, 0.2) is 48.5 Å². The van der Waals surface area contributed by atoms with Gasteiger partial charge in [0.05, 0.1) is 0 Å². The molecule has 3 N–H and O–H groups in total. The van der Waals surface area contributed by atoms with Gasteiger partial charge in [0, 0.05) is 0 Å². The molecule has 86 valence electrons. The third kappa shape index (κ3) is 2.72. The number of nitrogens with zero attached hydrogens (tertiary/aromatic N) is 2. The summed E-state index contributed by atoms with van der Waals surface area (Å²) in [7, 11) is 0. The van der Waals surface area contributed by atoms with Crippen LogP contribution in [0.1, 0.15) is 0 Å². The molecule has 5 nitrogen and oxygen atoms in total. The highest BCUT2D eigenvalue weighted by atomic mass is 16.3. The molecule has 0 spiro atoms. The number of phenols is 2. The fourth-order valence-electron chi connectivity index (χ4n) is 1.25. The van der Waals surface area contributed by atoms with Gasteiger partial charge in [-0.05, 0) is 24.3 Å². The lowest BCUT2D eigenvalue weighted by molar-refractivity contribution is 0.404. The minimum atomic E-state index is -0.0764. The van der Waals surface area contributed by atoms with E-state index in [9.17, 15) is 0 Å². The molecule has 0 aliphatic heterocycles. The van der Waals surface area contributed by atoms with Gasteiger partial charge in [-0.15, -0.1) is 0 Å². The van der Waals surface area contributed by atoms with Crippen molar-refractivity contribution < 1.29 is 10.2 Å². The van der Waals surface area contributed by atoms with Gasteiger partial charge in [-0.2, -0.15) is 15.4 Å². The van der Waals surface area contributed by atoms with E-state index in [1.54, 1.807) is 12.1 Å². The number of para-hydroxylation sites is 4. The summed E-state index contributed by atoms with van der Waals surface area (Å²) in [5, 5.41) is 27.6. The van der Waals surface area contributed by atoms with E-state index in [0.717, 1.165) is 11.0 Å². The summed E-state index contributed by atoms with van der Waals surface area (Å²) in [6.07, 6.45) is 0. The number of benzene rings is 2. The van der Waals surface area contributed by atoms with E-state index in [1.165, 1.54) is 12.1 Å². The van der Waals surface area contributed by atoms with E-state index in [-0.39, 0.29) is 11.5 Å². The van der Waals surface area contributed by atoms with Crippen LogP contribution in [0.2, 0.25) is 0 Å². The number of aromatic hydroxyl groups is 2. The smallest absolute Gasteiger partial charge is 0.157 e. The molecule has 0 aliphatic rings. The molecule has 0 atom stereocenters. The highest BCUT2D eigenvalue weighted by molar-refractivity contribution is 5.72. The summed E-state index contributed by atoms with van der Waals surface area (Å²) in [5.41, 5.74) is 1.83. The Hall–Kier alpha value is -2.56. The second-order valence-electron chi connectivity index (χ2n) is 3.30. The zero-order valence-electron chi connectivity index (χ0n) is 8.91. The van der Waals surface area contributed by atoms with Gasteiger partial charge in [-0.3, -0.25) is 0 Å². The van der Waals surface area contributed by atoms with Crippen molar-refractivity contribution in [2.75, 3.05) is 0 Å². The molecule has 3 rings (SSSR count). The highest BCUT2D eigenvalue weighted by Crippen LogP contribution is 2.21. The van der Waals surface area contributed by atoms with Crippen molar-refractivity contribution in [1.29, 1.82) is 0 Å². The Morgan fingerprint density at radius 1 is 0.706 bits per heavy atom. The third-order valence-corrected chi connectivity index (χ3v) is 2.10. The predicted molar refractivity (Wildman–Crippen MR) is 63.7 cm³/mol. The molecule has 17 heavy (non-hydrogen) atoms. The average Bonchev–Trinajstić information content (AvgIpc) is 2.82. The number of phenolic OH excluding ortho intramolecular Hbond substituents is 2. The molecule has 0 bridgehead atoms. The van der Waals surface area contributed by atoms with Crippen molar-refractivity contribution in [3.63, 3.8) is 0 Å². The first-order valence-electron chi connectivity index (χ1n) is 5.00. The number of nitrogens with one attached hydrogen (secondary N) is 1. The molecule has 0 unspecified atom stereocenters. The second kappa shape index (κ2) is 4.98. The lowest BCUT2D eigenvalue weighted by atomic mass is 10.3. The molecule has 1 heterocycles. The maximum atomic E-state index is 8.67. The molecule has 0 fully saturated rings. The van der Waals surface area contributed by atoms with Crippen molar-refractivity contribution >= 4 is 11.0 Å². The zero-order chi connectivity index (χ0) is 12.1. The molecule has 1 aromatic heterocycles. The summed E-state index contributed by atoms with van der Waals surface area (Å²) < 4.78 is 0. The maximum absolute atomic E-state index is 8.67. The van der Waals surface area contributed by atoms with E-state index < -0.39 is 0 Å². The third-order valence-electron chi connectivity index (χ3n) is 2.10. The standard InChI is InChI=1S/C6H5N3.C6H6O2/c1-2-4-6-5(3-1)7-9-8-6;7-5-3-1-2-4-6(5)8/h1-4H,(H,7,8,9);1-4,7-8H. The fraction of sp³-hybridized carbons (Fsp3) is 0. The molecule has 0 amide bonds. The molecular weight excluding hydrogens is 218 g/mol. The van der Waals surface area contributed by atoms with Crippen molar-refractivity contribution in [3.8, 4) is 11.5 Å². The van der Waals surface area contributed by atoms with Gasteiger partial charge in [0.15, 0.2) is 11.5 Å². The van der Waals surface area contributed by atoms with Gasteiger partial charge in [-0.1, -0.05) is 24.3 Å². The predicted octanol–water partition coefficient (Wildman–Crippen LogP) is 2.06. The first-order valence-corrected chi connectivity index (χ1v) is 5.00. The van der Waals surface area contributed by atoms with Crippen LogP contribution < -0.4 is 0 Å². The molecule has 0 radical (unpaired) electrons. The van der Waals surface area contributed by atoms with Crippen molar-refractivity contribution in [1.82, 2.24) is 15.4 Å². The van der Waals surface area contributed by atoms with Gasteiger partial charge in [0.2, 0.25) is 0 Å². The molecule has 5 heteroatoms. The van der Waals surface area contributed by atoms with Crippen LogP contribution in [-0.4, -0.2) is 25.6 Å². The fourth-order valence-corrected chi connectivity index (χ4v) is 1.25. The number of fused-ring (bicyclic) bond motifs is 1. The summed E-state index contributed by atoms with van der Waals surface area (Å²) in [6, 6.07) is 13.8. The van der Waals surface area contributed by atoms with Crippen molar-refractivity contribution in [2.24, 2.45) is 0 Å². The molecule has 0 saturated carbocycles. The van der Waals surface area contributed by atoms with Gasteiger partial charge in [0.25, 0.3) is 0 Å². The number of aromatic nitrogens is 3. The Labute approximate surface area is 97.3 Å². The van der Waals surface area contributed by atoms with E-state index in [2.05, 4.69) is 15.4 Å². The number of H-pyrrole nitrogens is 1. The van der Waals surface area contributed by atoms with Crippen LogP contribution in [0.5, 0.6) is 11.5 Å². The van der Waals surface area contributed by atoms with Gasteiger partial charge >= 0.3 is 0 Å². The molecule has 0 saturated heterocycles. The largest absolute Gasteiger partial charge is 0.504 e. The SMILES string of the molecule is Oc1ccccc1O.c1ccc2n[nH]nc2c1. The van der Waals surface area contributed by atoms with E-state index in [1.807, 2.05) is 24.3 Å². The number of hydrogen-bond acceptors (Lipinski definition) is 4. The average molecular weight is 229 g/mol. The normalized spacial score (nSPS) is 9.65. The first kappa shape index (κ1) is 10.9. The van der Waals surface area contributed by atoms with Crippen LogP contribution in [0.25, 0.3) is 11.0 Å². The van der Waals surface area contributed by atoms with E-state index >= 15 is 0 Å². The minimum Gasteiger partial charge on any atom is -0.504 e. The molecule has 2 aromatic carbocycles. The summed E-state index contributed by atoms with van der Waals surface area (Å²) in [5.74, 6) is -0.153. The van der Waals surface area contributed by atoms with Gasteiger partial charge < -0.3 is 10.2 Å². The van der Waals surface area contributed by atoms with Crippen LogP contribution in [0.3, 0.4) is 0 Å². The Morgan fingerprint density at radius 3 is 1.53 bits per heavy atom. The first-order chi connectivity index (χ1) is 8.27. The summed E-state index contributed by atoms with van der Waals surface area (Å²) in [4.78, 5) is 0. The Morgan fingerprint density at radius 2 is 1.12 bits per heavy atom. The highest BCUT2D eigenvalue weighted by Gasteiger charge is 1.91. The van der Waals surface area contributed by atoms with Crippen LogP contribution in [0.4, 0.5) is 0 Å². The quantitative estimate of drug-likeness (QED) is 0.515. The molecule has 3 aromatic rings. The van der Waals surface area contributed by atoms with E-state index in [0.29, 0.717) is 0 Å². The number of aromatic amines is 1. The topological polar surface area (TPSA) is 82.0 Å². The number of rotatable bonds is 0. The maximum Gasteiger partial charge on any atom is 0.157 e. The van der Waals surface area contributed by atoms with Crippen molar-refractivity contribution in [3.05, 3.63) is 48.5 Å². The number of hydrogen-bond donors (Lipinski definition) is 3. The minimum absolute atomic E-state index is 0.0764. The summed E-state index contributed by atoms with van der Waals surface area (Å²) >= 11 is 0. The van der Waals surface area contributed by atoms with E-state index in [4.69, 9.17) is 10.2 Å². The van der Waals surface area contributed by atoms with Gasteiger partial charge in [0.1, 0.15) is 11.0 Å². The second-order valence-corrected chi connectivity index (χ2v) is 3.30. The lowest BCUT2D eigenvalue weighted by Crippen LogP contribution is -1.63. The molecular formula is C12H11N3O2. The Kier molecular flexibility index (Phi) is 3.20. The lowest BCUT2D eigenvalue weighted by Gasteiger charge is -1.91. The van der Waals surface area contributed by atoms with Crippen LogP contribution in [0, 0.1) is 0 Å². The Bertz CT molecular complexity index is 556. The van der Waals surface area contributed by atoms with Crippen molar-refractivity contribution in [2.45, 2.75) is 0 Å². The zero-order valence-corrected chi connectivity index (χ0v) is 8.91. The van der Waals surface area contributed by atoms with Crippen LogP contribution >= 0.6 is 0 Å².